The average molecular weight is 288 g/mol. The first-order valence-corrected chi connectivity index (χ1v) is 8.07. The van der Waals surface area contributed by atoms with E-state index in [1.807, 2.05) is 6.92 Å². The Kier molecular flexibility index (Phi) is 17.0. The topological polar surface area (TPSA) is 75.7 Å². The van der Waals surface area contributed by atoms with Crippen LogP contribution < -0.4 is 18.9 Å². The molecule has 1 rings (SSSR count). The largest absolute Gasteiger partial charge is 1.00 e. The molecule has 7 heteroatoms. The molecular formula is C12H25LiO5S. The number of unbranched alkanes of at least 4 members (excludes halogenated alkanes) is 1. The van der Waals surface area contributed by atoms with Crippen molar-refractivity contribution in [3.8, 4) is 0 Å². The maximum atomic E-state index is 9.73. The summed E-state index contributed by atoms with van der Waals surface area (Å²) in [5.74, 6) is 0. The fraction of sp³-hybridized carbons (Fsp3) is 1.00. The van der Waals surface area contributed by atoms with Crippen molar-refractivity contribution in [1.82, 2.24) is 0 Å². The fourth-order valence-corrected chi connectivity index (χ4v) is 1.84. The fourth-order valence-electron chi connectivity index (χ4n) is 1.52. The van der Waals surface area contributed by atoms with Gasteiger partial charge in [-0.25, -0.2) is 8.42 Å². The van der Waals surface area contributed by atoms with Crippen molar-refractivity contribution < 1.29 is 40.8 Å². The molecule has 0 aromatic rings. The number of hydrogen-bond acceptors (Lipinski definition) is 5. The first kappa shape index (κ1) is 21.7. The summed E-state index contributed by atoms with van der Waals surface area (Å²) in [6, 6.07) is 0. The van der Waals surface area contributed by atoms with E-state index in [0.717, 1.165) is 19.6 Å². The van der Waals surface area contributed by atoms with Crippen LogP contribution in [0.15, 0.2) is 0 Å². The average Bonchev–Trinajstić information content (AvgIpc) is 2.43. The van der Waals surface area contributed by atoms with Crippen LogP contribution in [-0.4, -0.2) is 32.8 Å². The predicted octanol–water partition coefficient (Wildman–Crippen LogP) is -0.375. The third kappa shape index (κ3) is 20.9. The second-order valence-electron chi connectivity index (χ2n) is 4.32. The Balaban J connectivity index is 0. The predicted molar refractivity (Wildman–Crippen MR) is 69.1 cm³/mol. The molecule has 1 saturated heterocycles. The van der Waals surface area contributed by atoms with Crippen LogP contribution in [0, 0.1) is 0 Å². The summed E-state index contributed by atoms with van der Waals surface area (Å²) in [6.07, 6.45) is 9.56. The Hall–Kier alpha value is 0.427. The Labute approximate surface area is 129 Å². The van der Waals surface area contributed by atoms with Gasteiger partial charge in [0.25, 0.3) is 0 Å². The van der Waals surface area contributed by atoms with E-state index in [4.69, 9.17) is 4.74 Å². The minimum atomic E-state index is -4.45. The van der Waals surface area contributed by atoms with Crippen molar-refractivity contribution >= 4 is 10.4 Å². The van der Waals surface area contributed by atoms with Crippen LogP contribution in [0.2, 0.25) is 0 Å². The van der Waals surface area contributed by atoms with Crippen molar-refractivity contribution in [2.24, 2.45) is 0 Å². The van der Waals surface area contributed by atoms with Gasteiger partial charge in [0.1, 0.15) is 0 Å². The van der Waals surface area contributed by atoms with Crippen molar-refractivity contribution in [3.05, 3.63) is 0 Å². The zero-order chi connectivity index (χ0) is 13.7. The van der Waals surface area contributed by atoms with Gasteiger partial charge < -0.3 is 9.29 Å². The van der Waals surface area contributed by atoms with Gasteiger partial charge in [0.2, 0.25) is 10.4 Å². The number of hydrogen-bond donors (Lipinski definition) is 0. The van der Waals surface area contributed by atoms with Crippen molar-refractivity contribution in [3.63, 3.8) is 0 Å². The summed E-state index contributed by atoms with van der Waals surface area (Å²) in [4.78, 5) is 0. The van der Waals surface area contributed by atoms with Crippen LogP contribution in [0.25, 0.3) is 0 Å². The van der Waals surface area contributed by atoms with E-state index >= 15 is 0 Å². The summed E-state index contributed by atoms with van der Waals surface area (Å²) >= 11 is 0. The van der Waals surface area contributed by atoms with Gasteiger partial charge >= 0.3 is 18.9 Å². The van der Waals surface area contributed by atoms with Crippen molar-refractivity contribution in [1.29, 1.82) is 0 Å². The van der Waals surface area contributed by atoms with Gasteiger partial charge in [-0.3, -0.25) is 4.18 Å². The van der Waals surface area contributed by atoms with Crippen LogP contribution in [0.4, 0.5) is 0 Å². The monoisotopic (exact) mass is 288 g/mol. The minimum Gasteiger partial charge on any atom is -0.726 e. The van der Waals surface area contributed by atoms with E-state index in [0.29, 0.717) is 6.42 Å². The summed E-state index contributed by atoms with van der Waals surface area (Å²) in [7, 11) is -4.45. The minimum absolute atomic E-state index is 0. The molecule has 0 atom stereocenters. The molecule has 0 amide bonds. The molecular weight excluding hydrogens is 263 g/mol. The smallest absolute Gasteiger partial charge is 0.726 e. The summed E-state index contributed by atoms with van der Waals surface area (Å²) in [6.45, 7) is 3.88. The zero-order valence-corrected chi connectivity index (χ0v) is 13.0. The molecule has 0 unspecified atom stereocenters. The van der Waals surface area contributed by atoms with E-state index in [1.54, 1.807) is 0 Å². The molecule has 0 radical (unpaired) electrons. The molecule has 5 nitrogen and oxygen atoms in total. The van der Waals surface area contributed by atoms with Crippen LogP contribution in [-0.2, 0) is 19.3 Å². The van der Waals surface area contributed by atoms with Crippen molar-refractivity contribution in [2.75, 3.05) is 19.8 Å². The second-order valence-corrected chi connectivity index (χ2v) is 5.37. The van der Waals surface area contributed by atoms with E-state index in [-0.39, 0.29) is 25.5 Å². The molecule has 1 aliphatic heterocycles. The number of rotatable bonds is 4. The van der Waals surface area contributed by atoms with E-state index in [9.17, 15) is 13.0 Å². The van der Waals surface area contributed by atoms with E-state index in [2.05, 4.69) is 4.18 Å². The Morgan fingerprint density at radius 3 is 1.95 bits per heavy atom. The SMILES string of the molecule is C1CCCCOCCC1.CCCCOS(=O)(=O)[O-].[Li+]. The second kappa shape index (κ2) is 14.8. The first-order chi connectivity index (χ1) is 8.56. The van der Waals surface area contributed by atoms with E-state index < -0.39 is 10.4 Å². The molecule has 0 aromatic heterocycles. The molecule has 110 valence electrons. The standard InChI is InChI=1S/C8H16O.C4H10O4S.Li/c1-2-4-6-8-9-7-5-3-1;1-2-3-4-8-9(5,6)7;/h1-8H2;2-4H2,1H3,(H,5,6,7);/q;;+1/p-1. The Morgan fingerprint density at radius 2 is 1.53 bits per heavy atom. The van der Waals surface area contributed by atoms with Gasteiger partial charge in [-0.1, -0.05) is 39.0 Å². The van der Waals surface area contributed by atoms with Gasteiger partial charge in [0.05, 0.1) is 6.61 Å². The van der Waals surface area contributed by atoms with Crippen LogP contribution in [0.3, 0.4) is 0 Å². The van der Waals surface area contributed by atoms with Crippen LogP contribution in [0.5, 0.6) is 0 Å². The van der Waals surface area contributed by atoms with Crippen LogP contribution in [0.1, 0.15) is 58.3 Å². The Bertz CT molecular complexity index is 241. The maximum absolute atomic E-state index is 9.73. The molecule has 1 fully saturated rings. The molecule has 0 bridgehead atoms. The molecule has 0 N–H and O–H groups in total. The van der Waals surface area contributed by atoms with Crippen LogP contribution >= 0.6 is 0 Å². The maximum Gasteiger partial charge on any atom is 1.00 e. The zero-order valence-electron chi connectivity index (χ0n) is 12.2. The van der Waals surface area contributed by atoms with Gasteiger partial charge in [-0.05, 0) is 19.3 Å². The molecule has 0 saturated carbocycles. The molecule has 0 aliphatic carbocycles. The Morgan fingerprint density at radius 1 is 1.05 bits per heavy atom. The molecule has 0 aromatic carbocycles. The summed E-state index contributed by atoms with van der Waals surface area (Å²) < 4.78 is 38.4. The summed E-state index contributed by atoms with van der Waals surface area (Å²) in [5, 5.41) is 0. The normalized spacial score (nSPS) is 16.9. The van der Waals surface area contributed by atoms with Gasteiger partial charge in [0.15, 0.2) is 0 Å². The van der Waals surface area contributed by atoms with Gasteiger partial charge in [-0.15, -0.1) is 0 Å². The quantitative estimate of drug-likeness (QED) is 0.305. The number of ether oxygens (including phenoxy) is 1. The molecule has 19 heavy (non-hydrogen) atoms. The van der Waals surface area contributed by atoms with Gasteiger partial charge in [0, 0.05) is 13.2 Å². The third-order valence-electron chi connectivity index (χ3n) is 2.55. The van der Waals surface area contributed by atoms with Gasteiger partial charge in [-0.2, -0.15) is 0 Å². The summed E-state index contributed by atoms with van der Waals surface area (Å²) in [5.41, 5.74) is 0. The van der Waals surface area contributed by atoms with E-state index in [1.165, 1.54) is 38.5 Å². The first-order valence-electron chi connectivity index (χ1n) is 6.74. The van der Waals surface area contributed by atoms with Crippen molar-refractivity contribution in [2.45, 2.75) is 58.3 Å². The molecule has 0 spiro atoms. The molecule has 1 aliphatic rings. The molecule has 1 heterocycles. The third-order valence-corrected chi connectivity index (χ3v) is 3.01.